The number of benzene rings is 2. The Morgan fingerprint density at radius 2 is 1.80 bits per heavy atom. The van der Waals surface area contributed by atoms with Crippen molar-refractivity contribution in [1.29, 1.82) is 0 Å². The molecule has 0 saturated heterocycles. The van der Waals surface area contributed by atoms with Gasteiger partial charge < -0.3 is 5.11 Å². The van der Waals surface area contributed by atoms with Gasteiger partial charge in [-0.3, -0.25) is 0 Å². The fourth-order valence-electron chi connectivity index (χ4n) is 2.07. The van der Waals surface area contributed by atoms with Crippen molar-refractivity contribution in [3.63, 3.8) is 0 Å². The SMILES string of the molecule is Cc1cc2ccccc2c(N=Nc2ccccn2)c1O. The number of azo groups is 1. The summed E-state index contributed by atoms with van der Waals surface area (Å²) >= 11 is 0. The zero-order valence-corrected chi connectivity index (χ0v) is 11.0. The molecule has 1 N–H and O–H groups in total. The van der Waals surface area contributed by atoms with Crippen LogP contribution in [0.2, 0.25) is 0 Å². The molecule has 3 aromatic rings. The highest BCUT2D eigenvalue weighted by atomic mass is 16.3. The third kappa shape index (κ3) is 2.23. The lowest BCUT2D eigenvalue weighted by atomic mass is 10.0. The number of hydrogen-bond donors (Lipinski definition) is 1. The van der Waals surface area contributed by atoms with Crippen molar-refractivity contribution in [2.75, 3.05) is 0 Å². The molecular formula is C16H13N3O. The third-order valence-corrected chi connectivity index (χ3v) is 3.09. The van der Waals surface area contributed by atoms with E-state index in [9.17, 15) is 5.11 Å². The van der Waals surface area contributed by atoms with E-state index in [4.69, 9.17) is 0 Å². The number of hydrogen-bond acceptors (Lipinski definition) is 4. The number of rotatable bonds is 2. The summed E-state index contributed by atoms with van der Waals surface area (Å²) in [7, 11) is 0. The number of aryl methyl sites for hydroxylation is 1. The molecule has 0 aliphatic heterocycles. The number of phenolic OH excluding ortho intramolecular Hbond substituents is 1. The average molecular weight is 263 g/mol. The second kappa shape index (κ2) is 5.09. The van der Waals surface area contributed by atoms with E-state index in [0.717, 1.165) is 16.3 Å². The van der Waals surface area contributed by atoms with Crippen molar-refractivity contribution in [1.82, 2.24) is 4.98 Å². The maximum Gasteiger partial charge on any atom is 0.174 e. The summed E-state index contributed by atoms with van der Waals surface area (Å²) in [5, 5.41) is 20.4. The summed E-state index contributed by atoms with van der Waals surface area (Å²) in [5.74, 6) is 0.667. The predicted octanol–water partition coefficient (Wildman–Crippen LogP) is 4.66. The quantitative estimate of drug-likeness (QED) is 0.683. The van der Waals surface area contributed by atoms with E-state index >= 15 is 0 Å². The van der Waals surface area contributed by atoms with Gasteiger partial charge in [0.05, 0.1) is 0 Å². The highest BCUT2D eigenvalue weighted by Gasteiger charge is 2.09. The van der Waals surface area contributed by atoms with Gasteiger partial charge in [0.2, 0.25) is 0 Å². The normalized spacial score (nSPS) is 11.2. The van der Waals surface area contributed by atoms with E-state index < -0.39 is 0 Å². The van der Waals surface area contributed by atoms with E-state index in [1.54, 1.807) is 12.3 Å². The van der Waals surface area contributed by atoms with Gasteiger partial charge in [-0.05, 0) is 36.1 Å². The average Bonchev–Trinajstić information content (AvgIpc) is 2.49. The van der Waals surface area contributed by atoms with Crippen LogP contribution in [0.4, 0.5) is 11.5 Å². The Balaban J connectivity index is 2.15. The molecule has 0 saturated carbocycles. The van der Waals surface area contributed by atoms with Gasteiger partial charge in [-0.2, -0.15) is 0 Å². The minimum atomic E-state index is 0.156. The second-order valence-electron chi connectivity index (χ2n) is 4.50. The molecule has 0 aliphatic rings. The first-order valence-electron chi connectivity index (χ1n) is 6.30. The molecule has 0 bridgehead atoms. The van der Waals surface area contributed by atoms with E-state index in [1.165, 1.54) is 0 Å². The minimum absolute atomic E-state index is 0.156. The van der Waals surface area contributed by atoms with Crippen LogP contribution in [0.15, 0.2) is 65.0 Å². The van der Waals surface area contributed by atoms with Crippen LogP contribution in [0.5, 0.6) is 5.75 Å². The fourth-order valence-corrected chi connectivity index (χ4v) is 2.07. The van der Waals surface area contributed by atoms with E-state index in [-0.39, 0.29) is 5.75 Å². The summed E-state index contributed by atoms with van der Waals surface area (Å²) in [6.45, 7) is 1.85. The van der Waals surface area contributed by atoms with Crippen molar-refractivity contribution >= 4 is 22.3 Å². The van der Waals surface area contributed by atoms with Gasteiger partial charge in [0.15, 0.2) is 5.82 Å². The lowest BCUT2D eigenvalue weighted by Crippen LogP contribution is -1.80. The molecular weight excluding hydrogens is 250 g/mol. The van der Waals surface area contributed by atoms with Crippen molar-refractivity contribution in [3.8, 4) is 5.75 Å². The van der Waals surface area contributed by atoms with E-state index in [1.807, 2.05) is 49.4 Å². The van der Waals surface area contributed by atoms with Crippen LogP contribution in [-0.4, -0.2) is 10.1 Å². The number of phenols is 1. The molecule has 0 radical (unpaired) electrons. The summed E-state index contributed by atoms with van der Waals surface area (Å²) in [4.78, 5) is 4.08. The van der Waals surface area contributed by atoms with Gasteiger partial charge in [0.25, 0.3) is 0 Å². The van der Waals surface area contributed by atoms with Crippen molar-refractivity contribution < 1.29 is 5.11 Å². The van der Waals surface area contributed by atoms with E-state index in [2.05, 4.69) is 15.2 Å². The summed E-state index contributed by atoms with van der Waals surface area (Å²) in [5.41, 5.74) is 1.25. The molecule has 0 fully saturated rings. The minimum Gasteiger partial charge on any atom is -0.505 e. The Bertz CT molecular complexity index is 782. The van der Waals surface area contributed by atoms with Gasteiger partial charge in [-0.25, -0.2) is 4.98 Å². The third-order valence-electron chi connectivity index (χ3n) is 3.09. The Hall–Kier alpha value is -2.75. The molecule has 20 heavy (non-hydrogen) atoms. The second-order valence-corrected chi connectivity index (χ2v) is 4.50. The molecule has 4 heteroatoms. The summed E-state index contributed by atoms with van der Waals surface area (Å²) in [6.07, 6.45) is 1.66. The van der Waals surface area contributed by atoms with Crippen LogP contribution >= 0.6 is 0 Å². The molecule has 2 aromatic carbocycles. The highest BCUT2D eigenvalue weighted by molar-refractivity contribution is 5.96. The zero-order valence-electron chi connectivity index (χ0n) is 11.0. The molecule has 4 nitrogen and oxygen atoms in total. The van der Waals surface area contributed by atoms with Crippen LogP contribution in [0.3, 0.4) is 0 Å². The molecule has 0 atom stereocenters. The van der Waals surface area contributed by atoms with Crippen LogP contribution in [0.1, 0.15) is 5.56 Å². The monoisotopic (exact) mass is 263 g/mol. The highest BCUT2D eigenvalue weighted by Crippen LogP contribution is 2.38. The van der Waals surface area contributed by atoms with E-state index in [0.29, 0.717) is 11.5 Å². The molecule has 0 amide bonds. The Kier molecular flexibility index (Phi) is 3.13. The van der Waals surface area contributed by atoms with Gasteiger partial charge >= 0.3 is 0 Å². The number of aromatic hydroxyl groups is 1. The Labute approximate surface area is 116 Å². The molecule has 0 unspecified atom stereocenters. The standard InChI is InChI=1S/C16H13N3O/c1-11-10-12-6-2-3-7-13(12)15(16(11)20)19-18-14-8-4-5-9-17-14/h2-10,20H,1H3. The van der Waals surface area contributed by atoms with Crippen LogP contribution in [0.25, 0.3) is 10.8 Å². The first kappa shape index (κ1) is 12.3. The lowest BCUT2D eigenvalue weighted by molar-refractivity contribution is 0.473. The number of pyridine rings is 1. The van der Waals surface area contributed by atoms with Gasteiger partial charge in [0, 0.05) is 11.6 Å². The van der Waals surface area contributed by atoms with Gasteiger partial charge in [-0.15, -0.1) is 10.2 Å². The van der Waals surface area contributed by atoms with Crippen LogP contribution in [-0.2, 0) is 0 Å². The van der Waals surface area contributed by atoms with Crippen molar-refractivity contribution in [3.05, 3.63) is 60.3 Å². The molecule has 3 rings (SSSR count). The predicted molar refractivity (Wildman–Crippen MR) is 78.8 cm³/mol. The molecule has 98 valence electrons. The molecule has 0 aliphatic carbocycles. The number of fused-ring (bicyclic) bond motifs is 1. The van der Waals surface area contributed by atoms with Crippen molar-refractivity contribution in [2.24, 2.45) is 10.2 Å². The number of nitrogens with zero attached hydrogens (tertiary/aromatic N) is 3. The summed E-state index contributed by atoms with van der Waals surface area (Å²) in [6, 6.07) is 15.1. The van der Waals surface area contributed by atoms with Crippen LogP contribution in [0, 0.1) is 6.92 Å². The zero-order chi connectivity index (χ0) is 13.9. The van der Waals surface area contributed by atoms with Gasteiger partial charge in [-0.1, -0.05) is 30.3 Å². The summed E-state index contributed by atoms with van der Waals surface area (Å²) < 4.78 is 0. The number of aromatic nitrogens is 1. The van der Waals surface area contributed by atoms with Gasteiger partial charge in [0.1, 0.15) is 11.4 Å². The molecule has 1 aromatic heterocycles. The maximum absolute atomic E-state index is 10.2. The van der Waals surface area contributed by atoms with Crippen molar-refractivity contribution in [2.45, 2.75) is 6.92 Å². The maximum atomic E-state index is 10.2. The smallest absolute Gasteiger partial charge is 0.174 e. The Morgan fingerprint density at radius 1 is 1.00 bits per heavy atom. The fraction of sp³-hybridized carbons (Fsp3) is 0.0625. The van der Waals surface area contributed by atoms with Crippen LogP contribution < -0.4 is 0 Å². The molecule has 0 spiro atoms. The first-order chi connectivity index (χ1) is 9.75. The largest absolute Gasteiger partial charge is 0.505 e. The topological polar surface area (TPSA) is 57.8 Å². The Morgan fingerprint density at radius 3 is 2.60 bits per heavy atom. The first-order valence-corrected chi connectivity index (χ1v) is 6.30. The molecule has 1 heterocycles. The lowest BCUT2D eigenvalue weighted by Gasteiger charge is -2.06.